The van der Waals surface area contributed by atoms with Crippen LogP contribution >= 0.6 is 0 Å². The summed E-state index contributed by atoms with van der Waals surface area (Å²) >= 11 is 0. The van der Waals surface area contributed by atoms with Gasteiger partial charge in [0.2, 0.25) is 0 Å². The molecule has 0 amide bonds. The van der Waals surface area contributed by atoms with Crippen LogP contribution in [0.25, 0.3) is 0 Å². The first-order valence-electron chi connectivity index (χ1n) is 8.64. The van der Waals surface area contributed by atoms with Gasteiger partial charge >= 0.3 is 0 Å². The minimum absolute atomic E-state index is 0.0762. The van der Waals surface area contributed by atoms with Crippen molar-refractivity contribution in [2.45, 2.75) is 19.3 Å². The van der Waals surface area contributed by atoms with E-state index in [1.54, 1.807) is 0 Å². The van der Waals surface area contributed by atoms with E-state index in [9.17, 15) is 18.4 Å². The Morgan fingerprint density at radius 1 is 0.680 bits per heavy atom. The number of rotatable bonds is 4. The Bertz CT molecular complexity index is 741. The number of ketones is 2. The Morgan fingerprint density at radius 2 is 1.04 bits per heavy atom. The summed E-state index contributed by atoms with van der Waals surface area (Å²) in [7, 11) is 0. The van der Waals surface area contributed by atoms with E-state index in [1.807, 2.05) is 0 Å². The highest BCUT2D eigenvalue weighted by atomic mass is 19.1. The molecule has 0 radical (unpaired) electrons. The van der Waals surface area contributed by atoms with Crippen LogP contribution in [0.15, 0.2) is 48.5 Å². The van der Waals surface area contributed by atoms with E-state index in [4.69, 9.17) is 0 Å². The molecular weight excluding hydrogens is 322 g/mol. The molecule has 0 heterocycles. The molecule has 4 atom stereocenters. The fourth-order valence-electron chi connectivity index (χ4n) is 4.66. The second-order valence-electron chi connectivity index (χ2n) is 7.13. The van der Waals surface area contributed by atoms with E-state index in [2.05, 4.69) is 0 Å². The van der Waals surface area contributed by atoms with Crippen molar-refractivity contribution in [2.24, 2.45) is 23.7 Å². The van der Waals surface area contributed by atoms with Gasteiger partial charge in [-0.3, -0.25) is 9.59 Å². The number of fused-ring (bicyclic) bond motifs is 2. The molecule has 2 saturated carbocycles. The van der Waals surface area contributed by atoms with E-state index in [0.717, 1.165) is 19.3 Å². The van der Waals surface area contributed by atoms with E-state index < -0.39 is 0 Å². The maximum atomic E-state index is 13.1. The third-order valence-electron chi connectivity index (χ3n) is 5.78. The number of carbonyl (C=O) groups is 2. The lowest BCUT2D eigenvalue weighted by molar-refractivity contribution is 0.0694. The first-order valence-corrected chi connectivity index (χ1v) is 8.64. The molecule has 2 unspecified atom stereocenters. The molecule has 2 bridgehead atoms. The van der Waals surface area contributed by atoms with Gasteiger partial charge in [-0.25, -0.2) is 8.78 Å². The fourth-order valence-corrected chi connectivity index (χ4v) is 4.66. The van der Waals surface area contributed by atoms with Crippen molar-refractivity contribution in [1.29, 1.82) is 0 Å². The Balaban J connectivity index is 1.65. The van der Waals surface area contributed by atoms with Gasteiger partial charge in [-0.2, -0.15) is 0 Å². The summed E-state index contributed by atoms with van der Waals surface area (Å²) in [5, 5.41) is 0. The summed E-state index contributed by atoms with van der Waals surface area (Å²) in [5.74, 6) is -1.23. The molecule has 2 aromatic rings. The van der Waals surface area contributed by atoms with Crippen molar-refractivity contribution in [3.63, 3.8) is 0 Å². The molecule has 2 fully saturated rings. The van der Waals surface area contributed by atoms with Crippen molar-refractivity contribution in [1.82, 2.24) is 0 Å². The molecule has 0 aliphatic heterocycles. The maximum absolute atomic E-state index is 13.1. The Labute approximate surface area is 144 Å². The molecule has 0 spiro atoms. The minimum Gasteiger partial charge on any atom is -0.294 e. The predicted octanol–water partition coefficient (Wildman–Crippen LogP) is 4.69. The Hall–Kier alpha value is -2.36. The zero-order valence-corrected chi connectivity index (χ0v) is 13.6. The average Bonchev–Trinajstić information content (AvgIpc) is 3.23. The second-order valence-corrected chi connectivity index (χ2v) is 7.13. The quantitative estimate of drug-likeness (QED) is 0.757. The third-order valence-corrected chi connectivity index (χ3v) is 5.78. The van der Waals surface area contributed by atoms with Gasteiger partial charge in [-0.1, -0.05) is 0 Å². The Kier molecular flexibility index (Phi) is 3.98. The van der Waals surface area contributed by atoms with Gasteiger partial charge in [-0.15, -0.1) is 0 Å². The molecule has 2 aliphatic rings. The molecule has 0 N–H and O–H groups in total. The molecule has 4 heteroatoms. The predicted molar refractivity (Wildman–Crippen MR) is 89.3 cm³/mol. The molecule has 2 nitrogen and oxygen atoms in total. The molecule has 25 heavy (non-hydrogen) atoms. The number of carbonyl (C=O) groups excluding carboxylic acids is 2. The first-order chi connectivity index (χ1) is 12.0. The van der Waals surface area contributed by atoms with Crippen molar-refractivity contribution in [2.75, 3.05) is 0 Å². The number of hydrogen-bond donors (Lipinski definition) is 0. The van der Waals surface area contributed by atoms with Crippen LogP contribution in [0.4, 0.5) is 8.78 Å². The van der Waals surface area contributed by atoms with Gasteiger partial charge in [-0.05, 0) is 79.6 Å². The summed E-state index contributed by atoms with van der Waals surface area (Å²) in [6, 6.07) is 11.1. The van der Waals surface area contributed by atoms with E-state index >= 15 is 0 Å². The zero-order valence-electron chi connectivity index (χ0n) is 13.6. The van der Waals surface area contributed by atoms with Gasteiger partial charge in [0.1, 0.15) is 11.6 Å². The summed E-state index contributed by atoms with van der Waals surface area (Å²) in [4.78, 5) is 26.0. The molecule has 2 aromatic carbocycles. The molecule has 0 aromatic heterocycles. The van der Waals surface area contributed by atoms with Crippen molar-refractivity contribution in [3.05, 3.63) is 71.3 Å². The summed E-state index contributed by atoms with van der Waals surface area (Å²) in [5.41, 5.74) is 0.909. The lowest BCUT2D eigenvalue weighted by atomic mass is 9.72. The van der Waals surface area contributed by atoms with Crippen molar-refractivity contribution >= 4 is 11.6 Å². The fraction of sp³-hybridized carbons (Fsp3) is 0.333. The van der Waals surface area contributed by atoms with Crippen LogP contribution in [0.5, 0.6) is 0 Å². The Morgan fingerprint density at radius 3 is 1.40 bits per heavy atom. The molecule has 0 saturated heterocycles. The number of halogens is 2. The van der Waals surface area contributed by atoms with Crippen LogP contribution in [-0.4, -0.2) is 11.6 Å². The highest BCUT2D eigenvalue weighted by Gasteiger charge is 2.53. The van der Waals surface area contributed by atoms with Gasteiger partial charge in [0, 0.05) is 23.0 Å². The largest absolute Gasteiger partial charge is 0.294 e. The van der Waals surface area contributed by atoms with Crippen LogP contribution < -0.4 is 0 Å². The molecule has 2 aliphatic carbocycles. The van der Waals surface area contributed by atoms with Crippen LogP contribution in [0.2, 0.25) is 0 Å². The van der Waals surface area contributed by atoms with E-state index in [0.29, 0.717) is 11.1 Å². The molecular formula is C21H18F2O2. The van der Waals surface area contributed by atoms with Crippen LogP contribution in [0, 0.1) is 35.3 Å². The smallest absolute Gasteiger partial charge is 0.166 e. The van der Waals surface area contributed by atoms with Gasteiger partial charge < -0.3 is 0 Å². The van der Waals surface area contributed by atoms with Crippen molar-refractivity contribution < 1.29 is 18.4 Å². The first kappa shape index (κ1) is 16.1. The van der Waals surface area contributed by atoms with Gasteiger partial charge in [0.25, 0.3) is 0 Å². The summed E-state index contributed by atoms with van der Waals surface area (Å²) < 4.78 is 26.3. The normalized spacial score (nSPS) is 27.4. The summed E-state index contributed by atoms with van der Waals surface area (Å²) in [6.07, 6.45) is 2.79. The lowest BCUT2D eigenvalue weighted by Gasteiger charge is -2.29. The highest BCUT2D eigenvalue weighted by Crippen LogP contribution is 2.54. The van der Waals surface area contributed by atoms with Crippen LogP contribution in [0.3, 0.4) is 0 Å². The number of benzene rings is 2. The van der Waals surface area contributed by atoms with Gasteiger partial charge in [0.05, 0.1) is 0 Å². The highest BCUT2D eigenvalue weighted by molar-refractivity contribution is 6.05. The number of Topliss-reactive ketones (excluding diaryl/α,β-unsaturated/α-hetero) is 2. The summed E-state index contributed by atoms with van der Waals surface area (Å²) in [6.45, 7) is 0. The maximum Gasteiger partial charge on any atom is 0.166 e. The number of hydrogen-bond acceptors (Lipinski definition) is 2. The van der Waals surface area contributed by atoms with E-state index in [-0.39, 0.29) is 46.9 Å². The zero-order chi connectivity index (χ0) is 17.6. The van der Waals surface area contributed by atoms with Crippen LogP contribution in [0.1, 0.15) is 40.0 Å². The minimum atomic E-state index is -0.386. The topological polar surface area (TPSA) is 34.1 Å². The molecule has 128 valence electrons. The second kappa shape index (κ2) is 6.17. The molecule has 4 rings (SSSR count). The van der Waals surface area contributed by atoms with Gasteiger partial charge in [0.15, 0.2) is 11.6 Å². The third kappa shape index (κ3) is 2.80. The SMILES string of the molecule is O=C(c1ccc(F)cc1)[C@@H]1C2CCC(C2)[C@H]1C(=O)c1ccc(F)cc1. The average molecular weight is 340 g/mol. The monoisotopic (exact) mass is 340 g/mol. The van der Waals surface area contributed by atoms with Crippen molar-refractivity contribution in [3.8, 4) is 0 Å². The van der Waals surface area contributed by atoms with Crippen LogP contribution in [-0.2, 0) is 0 Å². The standard InChI is InChI=1S/C21H18F2O2/c22-16-7-3-12(4-8-16)20(24)18-14-1-2-15(11-14)19(18)21(25)13-5-9-17(23)10-6-13/h3-10,14-15,18-19H,1-2,11H2/t14?,15?,18-,19-/m1/s1. The lowest BCUT2D eigenvalue weighted by Crippen LogP contribution is -2.35. The van der Waals surface area contributed by atoms with E-state index in [1.165, 1.54) is 48.5 Å².